The van der Waals surface area contributed by atoms with E-state index in [1.807, 2.05) is 24.3 Å². The van der Waals surface area contributed by atoms with Gasteiger partial charge in [-0.05, 0) is 37.1 Å². The number of ether oxygens (including phenoxy) is 3. The SMILES string of the molecule is COC(=O)C(C)(C)CC1Oc2cccc(OC)c2-c2ccc(CS(N)(=O)=O)cc21. The van der Waals surface area contributed by atoms with E-state index >= 15 is 0 Å². The molecule has 0 spiro atoms. The lowest BCUT2D eigenvalue weighted by atomic mass is 9.81. The molecule has 2 aromatic rings. The molecule has 7 nitrogen and oxygen atoms in total. The molecule has 3 rings (SSSR count). The van der Waals surface area contributed by atoms with Gasteiger partial charge in [-0.25, -0.2) is 13.6 Å². The van der Waals surface area contributed by atoms with Crippen molar-refractivity contribution in [2.24, 2.45) is 10.6 Å². The minimum absolute atomic E-state index is 0.286. The van der Waals surface area contributed by atoms with E-state index in [1.165, 1.54) is 7.11 Å². The highest BCUT2D eigenvalue weighted by Gasteiger charge is 2.37. The van der Waals surface area contributed by atoms with Crippen LogP contribution in [-0.4, -0.2) is 28.6 Å². The summed E-state index contributed by atoms with van der Waals surface area (Å²) >= 11 is 0. The summed E-state index contributed by atoms with van der Waals surface area (Å²) in [5.41, 5.74) is 2.18. The maximum absolute atomic E-state index is 12.2. The van der Waals surface area contributed by atoms with Crippen LogP contribution in [-0.2, 0) is 25.3 Å². The van der Waals surface area contributed by atoms with Gasteiger partial charge in [-0.3, -0.25) is 4.79 Å². The third kappa shape index (κ3) is 4.38. The number of hydrogen-bond donors (Lipinski definition) is 1. The first kappa shape index (κ1) is 21.1. The van der Waals surface area contributed by atoms with Crippen molar-refractivity contribution >= 4 is 16.0 Å². The van der Waals surface area contributed by atoms with Crippen molar-refractivity contribution in [3.8, 4) is 22.6 Å². The molecule has 0 saturated heterocycles. The zero-order valence-electron chi connectivity index (χ0n) is 16.9. The molecule has 0 bridgehead atoms. The summed E-state index contributed by atoms with van der Waals surface area (Å²) in [7, 11) is -0.755. The number of hydrogen-bond acceptors (Lipinski definition) is 6. The van der Waals surface area contributed by atoms with E-state index in [0.717, 1.165) is 16.7 Å². The van der Waals surface area contributed by atoms with Crippen LogP contribution in [0.5, 0.6) is 11.5 Å². The van der Waals surface area contributed by atoms with Gasteiger partial charge in [0.1, 0.15) is 17.6 Å². The maximum Gasteiger partial charge on any atom is 0.311 e. The zero-order valence-corrected chi connectivity index (χ0v) is 17.7. The predicted molar refractivity (Wildman–Crippen MR) is 109 cm³/mol. The lowest BCUT2D eigenvalue weighted by Crippen LogP contribution is -2.30. The van der Waals surface area contributed by atoms with E-state index in [1.54, 1.807) is 33.1 Å². The number of sulfonamides is 1. The number of nitrogens with two attached hydrogens (primary N) is 1. The summed E-state index contributed by atoms with van der Waals surface area (Å²) in [5.74, 6) is 0.654. The summed E-state index contributed by atoms with van der Waals surface area (Å²) in [4.78, 5) is 12.2. The van der Waals surface area contributed by atoms with E-state index in [0.29, 0.717) is 23.5 Å². The van der Waals surface area contributed by atoms with Gasteiger partial charge in [-0.15, -0.1) is 0 Å². The number of esters is 1. The molecule has 156 valence electrons. The fourth-order valence-electron chi connectivity index (χ4n) is 3.66. The number of rotatable bonds is 6. The Hall–Kier alpha value is -2.58. The van der Waals surface area contributed by atoms with Crippen LogP contribution in [0.25, 0.3) is 11.1 Å². The molecule has 8 heteroatoms. The first-order valence-electron chi connectivity index (χ1n) is 9.11. The predicted octanol–water partition coefficient (Wildman–Crippen LogP) is 3.17. The van der Waals surface area contributed by atoms with Crippen LogP contribution in [0.15, 0.2) is 36.4 Å². The second kappa shape index (κ2) is 7.68. The van der Waals surface area contributed by atoms with Crippen LogP contribution in [0, 0.1) is 5.41 Å². The Morgan fingerprint density at radius 1 is 1.21 bits per heavy atom. The highest BCUT2D eigenvalue weighted by molar-refractivity contribution is 7.88. The Morgan fingerprint density at radius 2 is 1.93 bits per heavy atom. The highest BCUT2D eigenvalue weighted by Crippen LogP contribution is 2.50. The van der Waals surface area contributed by atoms with Crippen LogP contribution < -0.4 is 14.6 Å². The quantitative estimate of drug-likeness (QED) is 0.721. The minimum atomic E-state index is -3.69. The van der Waals surface area contributed by atoms with Crippen molar-refractivity contribution in [1.82, 2.24) is 0 Å². The first-order valence-corrected chi connectivity index (χ1v) is 10.8. The van der Waals surface area contributed by atoms with Crippen molar-refractivity contribution in [2.45, 2.75) is 32.1 Å². The van der Waals surface area contributed by atoms with Crippen LogP contribution >= 0.6 is 0 Å². The fourth-order valence-corrected chi connectivity index (χ4v) is 4.31. The summed E-state index contributed by atoms with van der Waals surface area (Å²) in [6.45, 7) is 3.58. The summed E-state index contributed by atoms with van der Waals surface area (Å²) < 4.78 is 39.8. The van der Waals surface area contributed by atoms with Crippen molar-refractivity contribution in [3.05, 3.63) is 47.5 Å². The lowest BCUT2D eigenvalue weighted by molar-refractivity contribution is -0.152. The molecule has 0 amide bonds. The number of fused-ring (bicyclic) bond motifs is 3. The first-order chi connectivity index (χ1) is 13.6. The summed E-state index contributed by atoms with van der Waals surface area (Å²) in [5, 5.41) is 5.22. The van der Waals surface area contributed by atoms with E-state index in [9.17, 15) is 13.2 Å². The van der Waals surface area contributed by atoms with Gasteiger partial charge in [0.2, 0.25) is 10.0 Å². The fraction of sp³-hybridized carbons (Fsp3) is 0.381. The van der Waals surface area contributed by atoms with E-state index in [2.05, 4.69) is 0 Å². The number of carbonyl (C=O) groups excluding carboxylic acids is 1. The van der Waals surface area contributed by atoms with E-state index < -0.39 is 21.5 Å². The smallest absolute Gasteiger partial charge is 0.311 e. The molecule has 2 aromatic carbocycles. The molecule has 0 saturated carbocycles. The normalized spacial score (nSPS) is 15.7. The summed E-state index contributed by atoms with van der Waals surface area (Å²) in [6.07, 6.45) is -0.124. The monoisotopic (exact) mass is 419 g/mol. The molecule has 2 N–H and O–H groups in total. The second-order valence-corrected chi connectivity index (χ2v) is 9.36. The zero-order chi connectivity index (χ0) is 21.4. The lowest BCUT2D eigenvalue weighted by Gasteiger charge is -2.34. The minimum Gasteiger partial charge on any atom is -0.496 e. The van der Waals surface area contributed by atoms with Crippen molar-refractivity contribution < 1.29 is 27.4 Å². The Kier molecular flexibility index (Phi) is 5.60. The van der Waals surface area contributed by atoms with Gasteiger partial charge < -0.3 is 14.2 Å². The topological polar surface area (TPSA) is 105 Å². The Morgan fingerprint density at radius 3 is 2.55 bits per heavy atom. The molecule has 0 fully saturated rings. The van der Waals surface area contributed by atoms with Gasteiger partial charge in [-0.1, -0.05) is 24.3 Å². The molecule has 1 aliphatic rings. The van der Waals surface area contributed by atoms with Crippen LogP contribution in [0.2, 0.25) is 0 Å². The molecule has 0 aliphatic carbocycles. The standard InChI is InChI=1S/C21H25NO6S/c1-21(2,20(23)27-4)11-18-15-10-13(12-29(22,24)25)8-9-14(15)19-16(26-3)6-5-7-17(19)28-18/h5-10,18H,11-12H2,1-4H3,(H2,22,24,25). The third-order valence-electron chi connectivity index (χ3n) is 5.01. The molecule has 1 atom stereocenters. The molecule has 29 heavy (non-hydrogen) atoms. The molecular formula is C21H25NO6S. The van der Waals surface area contributed by atoms with Crippen molar-refractivity contribution in [3.63, 3.8) is 0 Å². The Labute approximate surface area is 170 Å². The molecule has 0 aromatic heterocycles. The number of methoxy groups -OCH3 is 2. The van der Waals surface area contributed by atoms with E-state index in [-0.39, 0.29) is 11.7 Å². The summed E-state index contributed by atoms with van der Waals surface area (Å²) in [6, 6.07) is 10.9. The van der Waals surface area contributed by atoms with Gasteiger partial charge in [0, 0.05) is 12.0 Å². The second-order valence-electron chi connectivity index (χ2n) is 7.75. The van der Waals surface area contributed by atoms with Crippen LogP contribution in [0.3, 0.4) is 0 Å². The molecule has 1 aliphatic heterocycles. The average molecular weight is 419 g/mol. The highest BCUT2D eigenvalue weighted by atomic mass is 32.2. The van der Waals surface area contributed by atoms with Crippen LogP contribution in [0.4, 0.5) is 0 Å². The maximum atomic E-state index is 12.2. The number of carbonyl (C=O) groups is 1. The molecular weight excluding hydrogens is 394 g/mol. The third-order valence-corrected chi connectivity index (χ3v) is 5.75. The van der Waals surface area contributed by atoms with Gasteiger partial charge >= 0.3 is 5.97 Å². The molecule has 0 radical (unpaired) electrons. The Balaban J connectivity index is 2.14. The molecule has 1 unspecified atom stereocenters. The average Bonchev–Trinajstić information content (AvgIpc) is 2.65. The number of benzene rings is 2. The van der Waals surface area contributed by atoms with Gasteiger partial charge in [0.15, 0.2) is 0 Å². The largest absolute Gasteiger partial charge is 0.496 e. The van der Waals surface area contributed by atoms with E-state index in [4.69, 9.17) is 19.3 Å². The molecule has 1 heterocycles. The van der Waals surface area contributed by atoms with Gasteiger partial charge in [0.25, 0.3) is 0 Å². The number of primary sulfonamides is 1. The van der Waals surface area contributed by atoms with Crippen LogP contribution in [0.1, 0.15) is 37.5 Å². The van der Waals surface area contributed by atoms with Gasteiger partial charge in [0.05, 0.1) is 31.0 Å². The Bertz CT molecular complexity index is 1050. The van der Waals surface area contributed by atoms with Gasteiger partial charge in [-0.2, -0.15) is 0 Å². The van der Waals surface area contributed by atoms with Crippen molar-refractivity contribution in [2.75, 3.05) is 14.2 Å². The van der Waals surface area contributed by atoms with Crippen molar-refractivity contribution in [1.29, 1.82) is 0 Å².